The number of carboxylic acids is 1. The van der Waals surface area contributed by atoms with Gasteiger partial charge < -0.3 is 5.11 Å². The molecule has 1 aromatic carbocycles. The smallest absolute Gasteiger partial charge is 0.334 e. The second-order valence-electron chi connectivity index (χ2n) is 3.57. The molecule has 15 heavy (non-hydrogen) atoms. The fourth-order valence-electron chi connectivity index (χ4n) is 1.74. The van der Waals surface area contributed by atoms with Crippen LogP contribution in [0.5, 0.6) is 0 Å². The number of aliphatic carboxylic acids is 1. The molecule has 0 spiro atoms. The van der Waals surface area contributed by atoms with Crippen molar-refractivity contribution in [3.05, 3.63) is 35.9 Å². The zero-order valence-electron chi connectivity index (χ0n) is 8.27. The molecule has 1 saturated heterocycles. The minimum Gasteiger partial charge on any atom is -0.479 e. The third-order valence-electron chi connectivity index (χ3n) is 2.50. The van der Waals surface area contributed by atoms with Crippen LogP contribution in [0, 0.1) is 0 Å². The molecule has 80 valence electrons. The molecule has 0 aromatic heterocycles. The molecule has 2 N–H and O–H groups in total. The van der Waals surface area contributed by atoms with Crippen LogP contribution >= 0.6 is 11.8 Å². The fourth-order valence-corrected chi connectivity index (χ4v) is 2.89. The number of hydrogen-bond donors (Lipinski definition) is 2. The zero-order chi connectivity index (χ0) is 10.7. The van der Waals surface area contributed by atoms with E-state index in [-0.39, 0.29) is 0 Å². The van der Waals surface area contributed by atoms with E-state index in [0.717, 1.165) is 17.9 Å². The molecule has 1 aliphatic heterocycles. The zero-order valence-corrected chi connectivity index (χ0v) is 9.09. The molecule has 0 amide bonds. The molecule has 0 saturated carbocycles. The first kappa shape index (κ1) is 10.5. The maximum absolute atomic E-state index is 11.2. The lowest BCUT2D eigenvalue weighted by Crippen LogP contribution is -2.47. The van der Waals surface area contributed by atoms with Crippen LogP contribution in [-0.2, 0) is 11.2 Å². The normalized spacial score (nSPS) is 25.3. The summed E-state index contributed by atoms with van der Waals surface area (Å²) in [6, 6.07) is 9.73. The van der Waals surface area contributed by atoms with Crippen molar-refractivity contribution in [2.45, 2.75) is 11.3 Å². The molecule has 1 fully saturated rings. The molecule has 2 rings (SSSR count). The third-order valence-corrected chi connectivity index (χ3v) is 3.87. The monoisotopic (exact) mass is 223 g/mol. The Labute approximate surface area is 92.9 Å². The average Bonchev–Trinajstić information content (AvgIpc) is 2.69. The van der Waals surface area contributed by atoms with Gasteiger partial charge in [0.1, 0.15) is 0 Å². The molecular formula is C11H13NO2S. The van der Waals surface area contributed by atoms with Gasteiger partial charge in [-0.2, -0.15) is 0 Å². The number of rotatable bonds is 3. The SMILES string of the molecule is O=C(O)[C@@]1(Cc2ccccc2)NCCS1. The first-order chi connectivity index (χ1) is 7.23. The van der Waals surface area contributed by atoms with E-state index in [2.05, 4.69) is 5.32 Å². The Morgan fingerprint density at radius 2 is 2.20 bits per heavy atom. The second-order valence-corrected chi connectivity index (χ2v) is 4.96. The van der Waals surface area contributed by atoms with E-state index in [1.54, 1.807) is 0 Å². The Kier molecular flexibility index (Phi) is 2.98. The molecule has 3 nitrogen and oxygen atoms in total. The lowest BCUT2D eigenvalue weighted by Gasteiger charge is -2.23. The Morgan fingerprint density at radius 1 is 1.47 bits per heavy atom. The molecular weight excluding hydrogens is 210 g/mol. The number of benzene rings is 1. The van der Waals surface area contributed by atoms with Crippen LogP contribution in [-0.4, -0.2) is 28.2 Å². The van der Waals surface area contributed by atoms with Gasteiger partial charge in [0.05, 0.1) is 0 Å². The van der Waals surface area contributed by atoms with Gasteiger partial charge in [-0.3, -0.25) is 5.32 Å². The van der Waals surface area contributed by atoms with Gasteiger partial charge in [0.2, 0.25) is 0 Å². The fraction of sp³-hybridized carbons (Fsp3) is 0.364. The summed E-state index contributed by atoms with van der Waals surface area (Å²) in [5.74, 6) is 0.0907. The molecule has 0 bridgehead atoms. The van der Waals surface area contributed by atoms with E-state index in [1.165, 1.54) is 11.8 Å². The van der Waals surface area contributed by atoms with Crippen LogP contribution in [0.4, 0.5) is 0 Å². The maximum atomic E-state index is 11.2. The predicted octanol–water partition coefficient (Wildman–Crippen LogP) is 1.35. The minimum absolute atomic E-state index is 0.536. The van der Waals surface area contributed by atoms with Gasteiger partial charge >= 0.3 is 5.97 Å². The first-order valence-corrected chi connectivity index (χ1v) is 5.88. The topological polar surface area (TPSA) is 49.3 Å². The first-order valence-electron chi connectivity index (χ1n) is 4.89. The Morgan fingerprint density at radius 3 is 2.73 bits per heavy atom. The van der Waals surface area contributed by atoms with Crippen molar-refractivity contribution in [3.63, 3.8) is 0 Å². The summed E-state index contributed by atoms with van der Waals surface area (Å²) in [7, 11) is 0. The number of carboxylic acid groups (broad SMARTS) is 1. The highest BCUT2D eigenvalue weighted by molar-refractivity contribution is 8.01. The van der Waals surface area contributed by atoms with Gasteiger partial charge in [0.15, 0.2) is 4.87 Å². The van der Waals surface area contributed by atoms with Crippen LogP contribution in [0.15, 0.2) is 30.3 Å². The maximum Gasteiger partial charge on any atom is 0.334 e. The Bertz CT molecular complexity index is 347. The number of thioether (sulfide) groups is 1. The van der Waals surface area contributed by atoms with Crippen molar-refractivity contribution in [1.29, 1.82) is 0 Å². The van der Waals surface area contributed by atoms with Crippen LogP contribution in [0.3, 0.4) is 0 Å². The van der Waals surface area contributed by atoms with Crippen molar-refractivity contribution in [2.24, 2.45) is 0 Å². The summed E-state index contributed by atoms with van der Waals surface area (Å²) < 4.78 is 0. The van der Waals surface area contributed by atoms with Crippen molar-refractivity contribution in [1.82, 2.24) is 5.32 Å². The largest absolute Gasteiger partial charge is 0.479 e. The molecule has 0 unspecified atom stereocenters. The van der Waals surface area contributed by atoms with Gasteiger partial charge in [-0.05, 0) is 5.56 Å². The molecule has 1 aliphatic rings. The second kappa shape index (κ2) is 4.24. The van der Waals surface area contributed by atoms with Crippen LogP contribution in [0.1, 0.15) is 5.56 Å². The van der Waals surface area contributed by atoms with E-state index >= 15 is 0 Å². The van der Waals surface area contributed by atoms with Crippen LogP contribution in [0.2, 0.25) is 0 Å². The molecule has 1 aromatic rings. The van der Waals surface area contributed by atoms with Crippen LogP contribution in [0.25, 0.3) is 0 Å². The number of hydrogen-bond acceptors (Lipinski definition) is 3. The molecule has 0 aliphatic carbocycles. The minimum atomic E-state index is -0.818. The van der Waals surface area contributed by atoms with E-state index < -0.39 is 10.8 Å². The van der Waals surface area contributed by atoms with Gasteiger partial charge in [0, 0.05) is 18.7 Å². The van der Waals surface area contributed by atoms with Crippen LogP contribution < -0.4 is 5.32 Å². The average molecular weight is 223 g/mol. The molecule has 1 atom stereocenters. The van der Waals surface area contributed by atoms with E-state index in [9.17, 15) is 9.90 Å². The summed E-state index contributed by atoms with van der Waals surface area (Å²) in [5.41, 5.74) is 1.06. The summed E-state index contributed by atoms with van der Waals surface area (Å²) in [6.45, 7) is 0.768. The van der Waals surface area contributed by atoms with Crippen molar-refractivity contribution in [2.75, 3.05) is 12.3 Å². The van der Waals surface area contributed by atoms with Gasteiger partial charge in [-0.25, -0.2) is 4.79 Å². The van der Waals surface area contributed by atoms with Gasteiger partial charge in [-0.1, -0.05) is 30.3 Å². The molecule has 0 radical (unpaired) electrons. The molecule has 4 heteroatoms. The summed E-state index contributed by atoms with van der Waals surface area (Å²) >= 11 is 1.48. The summed E-state index contributed by atoms with van der Waals surface area (Å²) in [5, 5.41) is 12.3. The summed E-state index contributed by atoms with van der Waals surface area (Å²) in [6.07, 6.45) is 0.536. The van der Waals surface area contributed by atoms with E-state index in [1.807, 2.05) is 30.3 Å². The lowest BCUT2D eigenvalue weighted by molar-refractivity contribution is -0.140. The standard InChI is InChI=1S/C11H13NO2S/c13-10(14)11(12-6-7-15-11)8-9-4-2-1-3-5-9/h1-5,12H,6-8H2,(H,13,14)/t11-/m0/s1. The van der Waals surface area contributed by atoms with Gasteiger partial charge in [0.25, 0.3) is 0 Å². The van der Waals surface area contributed by atoms with E-state index in [0.29, 0.717) is 6.42 Å². The lowest BCUT2D eigenvalue weighted by atomic mass is 10.1. The van der Waals surface area contributed by atoms with E-state index in [4.69, 9.17) is 0 Å². The van der Waals surface area contributed by atoms with Crippen molar-refractivity contribution >= 4 is 17.7 Å². The molecule has 1 heterocycles. The Hall–Kier alpha value is -1.00. The predicted molar refractivity (Wildman–Crippen MR) is 61.0 cm³/mol. The summed E-state index contributed by atoms with van der Waals surface area (Å²) in [4.78, 5) is 10.4. The quantitative estimate of drug-likeness (QED) is 0.812. The highest BCUT2D eigenvalue weighted by atomic mass is 32.2. The highest BCUT2D eigenvalue weighted by Crippen LogP contribution is 2.31. The van der Waals surface area contributed by atoms with Crippen molar-refractivity contribution in [3.8, 4) is 0 Å². The highest BCUT2D eigenvalue weighted by Gasteiger charge is 2.41. The third kappa shape index (κ3) is 2.16. The van der Waals surface area contributed by atoms with Crippen molar-refractivity contribution < 1.29 is 9.90 Å². The number of carbonyl (C=O) groups is 1. The Balaban J connectivity index is 2.18. The van der Waals surface area contributed by atoms with Gasteiger partial charge in [-0.15, -0.1) is 11.8 Å². The number of nitrogens with one attached hydrogen (secondary N) is 1.